The number of aliphatic carboxylic acids is 1. The highest BCUT2D eigenvalue weighted by atomic mass is 16.4. The Labute approximate surface area is 118 Å². The van der Waals surface area contributed by atoms with Crippen LogP contribution in [0.5, 0.6) is 0 Å². The van der Waals surface area contributed by atoms with Crippen molar-refractivity contribution < 1.29 is 14.7 Å². The minimum atomic E-state index is -0.856. The average molecular weight is 273 g/mol. The molecule has 0 saturated heterocycles. The van der Waals surface area contributed by atoms with Gasteiger partial charge in [0.2, 0.25) is 5.91 Å². The summed E-state index contributed by atoms with van der Waals surface area (Å²) in [4.78, 5) is 23.2. The van der Waals surface area contributed by atoms with Crippen LogP contribution >= 0.6 is 0 Å². The summed E-state index contributed by atoms with van der Waals surface area (Å²) in [7, 11) is 0. The van der Waals surface area contributed by atoms with E-state index in [-0.39, 0.29) is 17.4 Å². The van der Waals surface area contributed by atoms with E-state index in [0.29, 0.717) is 6.42 Å². The summed E-state index contributed by atoms with van der Waals surface area (Å²) < 4.78 is 0. The van der Waals surface area contributed by atoms with Crippen molar-refractivity contribution >= 4 is 11.9 Å². The number of carbonyl (C=O) groups is 2. The van der Waals surface area contributed by atoms with Crippen LogP contribution < -0.4 is 5.32 Å². The molecule has 106 valence electrons. The molecular formula is C16H19NO3. The monoisotopic (exact) mass is 273 g/mol. The SMILES string of the molecule is O=C(O)C1CC1C(=O)NC1(c2ccccc2)CCCC1. The molecule has 2 aliphatic carbocycles. The van der Waals surface area contributed by atoms with E-state index < -0.39 is 11.9 Å². The van der Waals surface area contributed by atoms with Gasteiger partial charge in [0.1, 0.15) is 0 Å². The van der Waals surface area contributed by atoms with Gasteiger partial charge in [0.05, 0.1) is 17.4 Å². The lowest BCUT2D eigenvalue weighted by Crippen LogP contribution is -2.44. The highest BCUT2D eigenvalue weighted by molar-refractivity contribution is 5.90. The number of benzene rings is 1. The lowest BCUT2D eigenvalue weighted by molar-refractivity contribution is -0.140. The molecule has 0 aromatic heterocycles. The summed E-state index contributed by atoms with van der Waals surface area (Å²) in [6.45, 7) is 0. The first-order valence-electron chi connectivity index (χ1n) is 7.23. The summed E-state index contributed by atoms with van der Waals surface area (Å²) in [5, 5.41) is 12.1. The van der Waals surface area contributed by atoms with Crippen molar-refractivity contribution in [3.63, 3.8) is 0 Å². The number of nitrogens with one attached hydrogen (secondary N) is 1. The van der Waals surface area contributed by atoms with Crippen LogP contribution in [0.3, 0.4) is 0 Å². The Morgan fingerprint density at radius 2 is 1.75 bits per heavy atom. The standard InChI is InChI=1S/C16H19NO3/c18-14(12-10-13(12)15(19)20)17-16(8-4-5-9-16)11-6-2-1-3-7-11/h1-3,6-7,12-13H,4-5,8-10H2,(H,17,18)(H,19,20). The Morgan fingerprint density at radius 3 is 2.30 bits per heavy atom. The number of rotatable bonds is 4. The maximum Gasteiger partial charge on any atom is 0.307 e. The van der Waals surface area contributed by atoms with E-state index in [1.54, 1.807) is 0 Å². The van der Waals surface area contributed by atoms with Gasteiger partial charge < -0.3 is 10.4 Å². The van der Waals surface area contributed by atoms with E-state index >= 15 is 0 Å². The van der Waals surface area contributed by atoms with Gasteiger partial charge >= 0.3 is 5.97 Å². The largest absolute Gasteiger partial charge is 0.481 e. The van der Waals surface area contributed by atoms with Gasteiger partial charge in [-0.25, -0.2) is 0 Å². The zero-order chi connectivity index (χ0) is 14.2. The first kappa shape index (κ1) is 13.2. The normalized spacial score (nSPS) is 27.0. The van der Waals surface area contributed by atoms with Gasteiger partial charge in [-0.05, 0) is 24.8 Å². The van der Waals surface area contributed by atoms with E-state index in [4.69, 9.17) is 5.11 Å². The van der Waals surface area contributed by atoms with Crippen LogP contribution in [-0.2, 0) is 15.1 Å². The third kappa shape index (κ3) is 2.30. The molecule has 20 heavy (non-hydrogen) atoms. The first-order valence-corrected chi connectivity index (χ1v) is 7.23. The molecule has 0 bridgehead atoms. The van der Waals surface area contributed by atoms with E-state index in [2.05, 4.69) is 5.32 Å². The summed E-state index contributed by atoms with van der Waals surface area (Å²) in [6.07, 6.45) is 4.55. The number of amides is 1. The van der Waals surface area contributed by atoms with Gasteiger partial charge in [-0.2, -0.15) is 0 Å². The topological polar surface area (TPSA) is 66.4 Å². The minimum absolute atomic E-state index is 0.0943. The fourth-order valence-corrected chi connectivity index (χ4v) is 3.31. The lowest BCUT2D eigenvalue weighted by Gasteiger charge is -2.31. The molecule has 0 heterocycles. The van der Waals surface area contributed by atoms with Gasteiger partial charge in [-0.1, -0.05) is 43.2 Å². The number of hydrogen-bond acceptors (Lipinski definition) is 2. The second-order valence-electron chi connectivity index (χ2n) is 5.93. The summed E-state index contributed by atoms with van der Waals surface area (Å²) in [6, 6.07) is 10.0. The first-order chi connectivity index (χ1) is 9.62. The lowest BCUT2D eigenvalue weighted by atomic mass is 9.88. The smallest absolute Gasteiger partial charge is 0.307 e. The molecule has 2 N–H and O–H groups in total. The van der Waals surface area contributed by atoms with Crippen LogP contribution in [0.25, 0.3) is 0 Å². The molecule has 2 fully saturated rings. The van der Waals surface area contributed by atoms with Crippen LogP contribution in [0.15, 0.2) is 30.3 Å². The third-order valence-corrected chi connectivity index (χ3v) is 4.59. The molecule has 3 rings (SSSR count). The van der Waals surface area contributed by atoms with Crippen molar-refractivity contribution in [3.05, 3.63) is 35.9 Å². The van der Waals surface area contributed by atoms with Crippen LogP contribution in [0, 0.1) is 11.8 Å². The second-order valence-corrected chi connectivity index (χ2v) is 5.93. The molecule has 1 aromatic carbocycles. The molecule has 1 aromatic rings. The molecule has 2 atom stereocenters. The number of carboxylic acid groups (broad SMARTS) is 1. The van der Waals surface area contributed by atoms with Crippen LogP contribution in [0.4, 0.5) is 0 Å². The highest BCUT2D eigenvalue weighted by Gasteiger charge is 2.50. The fourth-order valence-electron chi connectivity index (χ4n) is 3.31. The molecule has 0 aliphatic heterocycles. The van der Waals surface area contributed by atoms with Crippen molar-refractivity contribution in [2.75, 3.05) is 0 Å². The molecule has 0 spiro atoms. The third-order valence-electron chi connectivity index (χ3n) is 4.59. The zero-order valence-electron chi connectivity index (χ0n) is 11.3. The Kier molecular flexibility index (Phi) is 3.24. The number of carbonyl (C=O) groups excluding carboxylic acids is 1. The van der Waals surface area contributed by atoms with E-state index in [1.165, 1.54) is 0 Å². The molecule has 0 radical (unpaired) electrons. The van der Waals surface area contributed by atoms with Crippen molar-refractivity contribution in [2.24, 2.45) is 11.8 Å². The maximum absolute atomic E-state index is 12.3. The molecular weight excluding hydrogens is 254 g/mol. The molecule has 2 saturated carbocycles. The quantitative estimate of drug-likeness (QED) is 0.884. The molecule has 4 heteroatoms. The van der Waals surface area contributed by atoms with Gasteiger partial charge in [0, 0.05) is 0 Å². The Balaban J connectivity index is 1.76. The van der Waals surface area contributed by atoms with Crippen LogP contribution in [-0.4, -0.2) is 17.0 Å². The zero-order valence-corrected chi connectivity index (χ0v) is 11.3. The highest BCUT2D eigenvalue weighted by Crippen LogP contribution is 2.43. The van der Waals surface area contributed by atoms with E-state index in [9.17, 15) is 9.59 Å². The molecule has 4 nitrogen and oxygen atoms in total. The number of carboxylic acids is 1. The van der Waals surface area contributed by atoms with E-state index in [1.807, 2.05) is 30.3 Å². The Bertz CT molecular complexity index is 520. The molecule has 2 aliphatic rings. The van der Waals surface area contributed by atoms with Gasteiger partial charge in [0.25, 0.3) is 0 Å². The minimum Gasteiger partial charge on any atom is -0.481 e. The maximum atomic E-state index is 12.3. The fraction of sp³-hybridized carbons (Fsp3) is 0.500. The van der Waals surface area contributed by atoms with Crippen molar-refractivity contribution in [1.29, 1.82) is 0 Å². The van der Waals surface area contributed by atoms with Crippen LogP contribution in [0.2, 0.25) is 0 Å². The summed E-state index contributed by atoms with van der Waals surface area (Å²) in [5.41, 5.74) is 0.850. The summed E-state index contributed by atoms with van der Waals surface area (Å²) >= 11 is 0. The number of hydrogen-bond donors (Lipinski definition) is 2. The van der Waals surface area contributed by atoms with Gasteiger partial charge in [-0.3, -0.25) is 9.59 Å². The molecule has 2 unspecified atom stereocenters. The molecule has 1 amide bonds. The van der Waals surface area contributed by atoms with Crippen molar-refractivity contribution in [3.8, 4) is 0 Å². The van der Waals surface area contributed by atoms with Gasteiger partial charge in [0.15, 0.2) is 0 Å². The average Bonchev–Trinajstić information content (AvgIpc) is 3.14. The van der Waals surface area contributed by atoms with Crippen LogP contribution in [0.1, 0.15) is 37.7 Å². The van der Waals surface area contributed by atoms with E-state index in [0.717, 1.165) is 31.2 Å². The second kappa shape index (κ2) is 4.93. The predicted octanol–water partition coefficient (Wildman–Crippen LogP) is 2.29. The van der Waals surface area contributed by atoms with Gasteiger partial charge in [-0.15, -0.1) is 0 Å². The van der Waals surface area contributed by atoms with Crippen molar-refractivity contribution in [1.82, 2.24) is 5.32 Å². The Hall–Kier alpha value is -1.84. The Morgan fingerprint density at radius 1 is 1.10 bits per heavy atom. The summed E-state index contributed by atoms with van der Waals surface area (Å²) in [5.74, 6) is -1.77. The predicted molar refractivity (Wildman–Crippen MR) is 74.0 cm³/mol. The van der Waals surface area contributed by atoms with Crippen molar-refractivity contribution in [2.45, 2.75) is 37.6 Å².